The molecule has 0 bridgehead atoms. The van der Waals surface area contributed by atoms with E-state index in [0.717, 1.165) is 35.7 Å². The number of benzene rings is 2. The molecule has 1 N–H and O–H groups in total. The van der Waals surface area contributed by atoms with E-state index in [1.807, 2.05) is 18.2 Å². The minimum Gasteiger partial charge on any atom is -0.493 e. The van der Waals surface area contributed by atoms with E-state index in [-0.39, 0.29) is 0 Å². The highest BCUT2D eigenvalue weighted by molar-refractivity contribution is 5.73. The van der Waals surface area contributed by atoms with Gasteiger partial charge in [0.05, 0.1) is 14.2 Å². The largest absolute Gasteiger partial charge is 0.493 e. The second kappa shape index (κ2) is 6.96. The molecule has 0 aliphatic carbocycles. The Morgan fingerprint density at radius 2 is 1.70 bits per heavy atom. The normalized spacial score (nSPS) is 10.3. The van der Waals surface area contributed by atoms with Crippen molar-refractivity contribution in [3.63, 3.8) is 0 Å². The highest BCUT2D eigenvalue weighted by atomic mass is 16.5. The van der Waals surface area contributed by atoms with Gasteiger partial charge in [0.2, 0.25) is 0 Å². The minimum atomic E-state index is 0.752. The summed E-state index contributed by atoms with van der Waals surface area (Å²) in [5.41, 5.74) is 3.44. The van der Waals surface area contributed by atoms with E-state index in [2.05, 4.69) is 36.5 Å². The van der Waals surface area contributed by atoms with Crippen LogP contribution < -0.4 is 14.8 Å². The Bertz CT molecular complexity index is 549. The molecule has 106 valence electrons. The summed E-state index contributed by atoms with van der Waals surface area (Å²) in [7, 11) is 3.32. The Balaban J connectivity index is 2.31. The lowest BCUT2D eigenvalue weighted by atomic mass is 10.0. The van der Waals surface area contributed by atoms with Gasteiger partial charge in [-0.2, -0.15) is 0 Å². The molecule has 0 amide bonds. The molecule has 0 saturated carbocycles. The third-order valence-corrected chi connectivity index (χ3v) is 3.25. The van der Waals surface area contributed by atoms with Gasteiger partial charge in [-0.15, -0.1) is 0 Å². The molecule has 0 heterocycles. The summed E-state index contributed by atoms with van der Waals surface area (Å²) in [6, 6.07) is 14.4. The van der Waals surface area contributed by atoms with Gasteiger partial charge in [-0.25, -0.2) is 0 Å². The average Bonchev–Trinajstić information content (AvgIpc) is 2.52. The Morgan fingerprint density at radius 3 is 2.30 bits per heavy atom. The lowest BCUT2D eigenvalue weighted by Crippen LogP contribution is -2.11. The van der Waals surface area contributed by atoms with Crippen LogP contribution in [0.3, 0.4) is 0 Å². The maximum atomic E-state index is 5.48. The summed E-state index contributed by atoms with van der Waals surface area (Å²) in [4.78, 5) is 0. The van der Waals surface area contributed by atoms with Crippen molar-refractivity contribution < 1.29 is 9.47 Å². The number of rotatable bonds is 6. The highest BCUT2D eigenvalue weighted by Crippen LogP contribution is 2.37. The minimum absolute atomic E-state index is 0.752. The van der Waals surface area contributed by atoms with E-state index in [9.17, 15) is 0 Å². The van der Waals surface area contributed by atoms with Crippen LogP contribution >= 0.6 is 0 Å². The molecule has 0 spiro atoms. The van der Waals surface area contributed by atoms with Crippen molar-refractivity contribution in [1.82, 2.24) is 5.32 Å². The van der Waals surface area contributed by atoms with E-state index < -0.39 is 0 Å². The summed E-state index contributed by atoms with van der Waals surface area (Å²) in [6.45, 7) is 3.98. The van der Waals surface area contributed by atoms with Crippen LogP contribution in [0, 0.1) is 0 Å². The molecular weight excluding hydrogens is 250 g/mol. The fraction of sp³-hybridized carbons (Fsp3) is 0.294. The van der Waals surface area contributed by atoms with Gasteiger partial charge in [-0.3, -0.25) is 0 Å². The zero-order valence-corrected chi connectivity index (χ0v) is 12.3. The second-order valence-electron chi connectivity index (χ2n) is 4.52. The molecule has 0 aliphatic heterocycles. The van der Waals surface area contributed by atoms with Crippen LogP contribution in [-0.2, 0) is 6.54 Å². The first kappa shape index (κ1) is 14.4. The first-order valence-corrected chi connectivity index (χ1v) is 6.81. The van der Waals surface area contributed by atoms with Crippen LogP contribution in [0.25, 0.3) is 11.1 Å². The Kier molecular flexibility index (Phi) is 5.02. The molecule has 0 atom stereocenters. The number of methoxy groups -OCH3 is 2. The van der Waals surface area contributed by atoms with Gasteiger partial charge in [0.15, 0.2) is 11.5 Å². The number of nitrogens with one attached hydrogen (secondary N) is 1. The van der Waals surface area contributed by atoms with Crippen LogP contribution in [0.1, 0.15) is 12.5 Å². The topological polar surface area (TPSA) is 30.5 Å². The maximum Gasteiger partial charge on any atom is 0.168 e. The molecule has 3 heteroatoms. The molecule has 0 aromatic heterocycles. The standard InChI is InChI=1S/C17H21NO2/c1-4-18-12-13-8-10-14(11-9-13)15-6-5-7-16(19-2)17(15)20-3/h5-11,18H,4,12H2,1-3H3. The van der Waals surface area contributed by atoms with Gasteiger partial charge < -0.3 is 14.8 Å². The summed E-state index contributed by atoms with van der Waals surface area (Å²) in [5, 5.41) is 3.32. The van der Waals surface area contributed by atoms with Crippen molar-refractivity contribution in [1.29, 1.82) is 0 Å². The summed E-state index contributed by atoms with van der Waals surface area (Å²) in [5.74, 6) is 1.52. The maximum absolute atomic E-state index is 5.48. The van der Waals surface area contributed by atoms with Crippen molar-refractivity contribution in [3.8, 4) is 22.6 Å². The number of ether oxygens (including phenoxy) is 2. The molecule has 2 aromatic rings. The van der Waals surface area contributed by atoms with Gasteiger partial charge in [0.25, 0.3) is 0 Å². The highest BCUT2D eigenvalue weighted by Gasteiger charge is 2.10. The quantitative estimate of drug-likeness (QED) is 0.872. The monoisotopic (exact) mass is 271 g/mol. The van der Waals surface area contributed by atoms with Crippen molar-refractivity contribution in [2.75, 3.05) is 20.8 Å². The molecule has 2 rings (SSSR count). The second-order valence-corrected chi connectivity index (χ2v) is 4.52. The third-order valence-electron chi connectivity index (χ3n) is 3.25. The number of para-hydroxylation sites is 1. The first-order valence-electron chi connectivity index (χ1n) is 6.81. The van der Waals surface area contributed by atoms with Crippen LogP contribution in [0.2, 0.25) is 0 Å². The predicted octanol–water partition coefficient (Wildman–Crippen LogP) is 3.48. The van der Waals surface area contributed by atoms with Crippen molar-refractivity contribution in [2.45, 2.75) is 13.5 Å². The summed E-state index contributed by atoms with van der Waals surface area (Å²) in [6.07, 6.45) is 0. The molecule has 0 radical (unpaired) electrons. The Hall–Kier alpha value is -2.00. The van der Waals surface area contributed by atoms with Gasteiger partial charge >= 0.3 is 0 Å². The van der Waals surface area contributed by atoms with Crippen molar-refractivity contribution in [2.24, 2.45) is 0 Å². The molecule has 0 fully saturated rings. The molecule has 20 heavy (non-hydrogen) atoms. The SMILES string of the molecule is CCNCc1ccc(-c2cccc(OC)c2OC)cc1. The summed E-state index contributed by atoms with van der Waals surface area (Å²) >= 11 is 0. The van der Waals surface area contributed by atoms with Gasteiger partial charge in [-0.05, 0) is 23.7 Å². The predicted molar refractivity (Wildman–Crippen MR) is 82.4 cm³/mol. The molecule has 3 nitrogen and oxygen atoms in total. The Morgan fingerprint density at radius 1 is 0.950 bits per heavy atom. The van der Waals surface area contributed by atoms with Gasteiger partial charge in [-0.1, -0.05) is 43.3 Å². The van der Waals surface area contributed by atoms with Crippen molar-refractivity contribution in [3.05, 3.63) is 48.0 Å². The zero-order chi connectivity index (χ0) is 14.4. The Labute approximate surface area is 120 Å². The third kappa shape index (κ3) is 3.11. The van der Waals surface area contributed by atoms with E-state index in [1.165, 1.54) is 5.56 Å². The molecule has 2 aromatic carbocycles. The fourth-order valence-corrected chi connectivity index (χ4v) is 2.19. The van der Waals surface area contributed by atoms with Crippen LogP contribution in [0.4, 0.5) is 0 Å². The molecular formula is C17H21NO2. The zero-order valence-electron chi connectivity index (χ0n) is 12.3. The van der Waals surface area contributed by atoms with E-state index in [0.29, 0.717) is 0 Å². The average molecular weight is 271 g/mol. The lowest BCUT2D eigenvalue weighted by molar-refractivity contribution is 0.356. The lowest BCUT2D eigenvalue weighted by Gasteiger charge is -2.13. The smallest absolute Gasteiger partial charge is 0.168 e. The van der Waals surface area contributed by atoms with Crippen LogP contribution in [0.5, 0.6) is 11.5 Å². The van der Waals surface area contributed by atoms with E-state index in [1.54, 1.807) is 14.2 Å². The number of hydrogen-bond donors (Lipinski definition) is 1. The fourth-order valence-electron chi connectivity index (χ4n) is 2.19. The van der Waals surface area contributed by atoms with Crippen molar-refractivity contribution >= 4 is 0 Å². The van der Waals surface area contributed by atoms with E-state index >= 15 is 0 Å². The van der Waals surface area contributed by atoms with Gasteiger partial charge in [0.1, 0.15) is 0 Å². The van der Waals surface area contributed by atoms with Crippen LogP contribution in [-0.4, -0.2) is 20.8 Å². The van der Waals surface area contributed by atoms with E-state index in [4.69, 9.17) is 9.47 Å². The molecule has 0 unspecified atom stereocenters. The number of hydrogen-bond acceptors (Lipinski definition) is 3. The van der Waals surface area contributed by atoms with Crippen LogP contribution in [0.15, 0.2) is 42.5 Å². The first-order chi connectivity index (χ1) is 9.80. The van der Waals surface area contributed by atoms with Gasteiger partial charge in [0, 0.05) is 12.1 Å². The molecule has 0 saturated heterocycles. The summed E-state index contributed by atoms with van der Waals surface area (Å²) < 4.78 is 10.8. The molecule has 0 aliphatic rings.